The van der Waals surface area contributed by atoms with E-state index in [2.05, 4.69) is 4.74 Å². The molecule has 0 amide bonds. The molecule has 8 nitrogen and oxygen atoms in total. The molecule has 0 radical (unpaired) electrons. The number of methoxy groups -OCH3 is 3. The van der Waals surface area contributed by atoms with Gasteiger partial charge in [-0.25, -0.2) is 13.2 Å². The minimum atomic E-state index is -4.15. The van der Waals surface area contributed by atoms with Crippen molar-refractivity contribution in [2.75, 3.05) is 32.7 Å². The lowest BCUT2D eigenvalue weighted by Gasteiger charge is -2.24. The quantitative estimate of drug-likeness (QED) is 0.327. The van der Waals surface area contributed by atoms with Gasteiger partial charge in [0.2, 0.25) is 0 Å². The lowest BCUT2D eigenvalue weighted by molar-refractivity contribution is -0.134. The Labute approximate surface area is 199 Å². The molecule has 0 aliphatic rings. The van der Waals surface area contributed by atoms with Gasteiger partial charge in [-0.1, -0.05) is 30.3 Å². The van der Waals surface area contributed by atoms with E-state index in [1.165, 1.54) is 46.6 Å². The number of para-hydroxylation sites is 3. The van der Waals surface area contributed by atoms with Crippen LogP contribution in [0.1, 0.15) is 5.56 Å². The van der Waals surface area contributed by atoms with E-state index in [1.54, 1.807) is 42.5 Å². The highest BCUT2D eigenvalue weighted by Gasteiger charge is 2.30. The molecule has 0 aliphatic carbocycles. The number of hydrogen-bond donors (Lipinski definition) is 0. The molecule has 0 spiro atoms. The van der Waals surface area contributed by atoms with Gasteiger partial charge in [-0.2, -0.15) is 0 Å². The van der Waals surface area contributed by atoms with Crippen molar-refractivity contribution in [2.24, 2.45) is 0 Å². The number of ether oxygens (including phenoxy) is 4. The number of hydrogen-bond acceptors (Lipinski definition) is 7. The minimum absolute atomic E-state index is 0.0334. The highest BCUT2D eigenvalue weighted by atomic mass is 32.2. The third-order valence-corrected chi connectivity index (χ3v) is 6.67. The van der Waals surface area contributed by atoms with Crippen molar-refractivity contribution < 1.29 is 32.2 Å². The lowest BCUT2D eigenvalue weighted by atomic mass is 10.2. The van der Waals surface area contributed by atoms with Gasteiger partial charge in [0.1, 0.15) is 10.6 Å². The number of carbonyl (C=O) groups is 1. The molecular formula is C25H25NO7S. The molecule has 0 bridgehead atoms. The summed E-state index contributed by atoms with van der Waals surface area (Å²) in [5, 5.41) is 0. The van der Waals surface area contributed by atoms with E-state index in [0.717, 1.165) is 4.31 Å². The zero-order chi connectivity index (χ0) is 24.7. The van der Waals surface area contributed by atoms with Gasteiger partial charge >= 0.3 is 5.97 Å². The van der Waals surface area contributed by atoms with Crippen molar-refractivity contribution in [3.8, 4) is 23.0 Å². The van der Waals surface area contributed by atoms with E-state index < -0.39 is 16.0 Å². The molecular weight excluding hydrogens is 458 g/mol. The van der Waals surface area contributed by atoms with E-state index in [0.29, 0.717) is 22.7 Å². The second-order valence-corrected chi connectivity index (χ2v) is 8.90. The Balaban J connectivity index is 2.09. The van der Waals surface area contributed by atoms with Crippen LogP contribution in [-0.2, 0) is 19.6 Å². The van der Waals surface area contributed by atoms with E-state index in [9.17, 15) is 13.2 Å². The van der Waals surface area contributed by atoms with Crippen molar-refractivity contribution in [2.45, 2.75) is 4.90 Å². The third kappa shape index (κ3) is 5.32. The average molecular weight is 484 g/mol. The minimum Gasteiger partial charge on any atom is -0.493 e. The number of esters is 1. The average Bonchev–Trinajstić information content (AvgIpc) is 2.87. The molecule has 0 fully saturated rings. The van der Waals surface area contributed by atoms with Gasteiger partial charge in [0.25, 0.3) is 10.0 Å². The fourth-order valence-electron chi connectivity index (χ4n) is 3.17. The van der Waals surface area contributed by atoms with Crippen LogP contribution in [0.3, 0.4) is 0 Å². The fraction of sp³-hybridized carbons (Fsp3) is 0.160. The maximum Gasteiger partial charge on any atom is 0.330 e. The molecule has 3 rings (SSSR count). The van der Waals surface area contributed by atoms with Crippen LogP contribution < -0.4 is 18.5 Å². The van der Waals surface area contributed by atoms with E-state index >= 15 is 0 Å². The van der Waals surface area contributed by atoms with Crippen LogP contribution >= 0.6 is 0 Å². The van der Waals surface area contributed by atoms with Gasteiger partial charge in [0.15, 0.2) is 17.2 Å². The third-order valence-electron chi connectivity index (χ3n) is 4.89. The lowest BCUT2D eigenvalue weighted by Crippen LogP contribution is -2.27. The molecule has 34 heavy (non-hydrogen) atoms. The second-order valence-electron chi connectivity index (χ2n) is 6.97. The Morgan fingerprint density at radius 3 is 2.21 bits per heavy atom. The molecule has 0 aliphatic heterocycles. The topological polar surface area (TPSA) is 91.4 Å². The van der Waals surface area contributed by atoms with Gasteiger partial charge < -0.3 is 18.9 Å². The van der Waals surface area contributed by atoms with Crippen molar-refractivity contribution in [1.82, 2.24) is 0 Å². The summed E-state index contributed by atoms with van der Waals surface area (Å²) in [6.45, 7) is 0. The van der Waals surface area contributed by atoms with Gasteiger partial charge in [-0.3, -0.25) is 4.31 Å². The zero-order valence-electron chi connectivity index (χ0n) is 19.2. The number of sulfonamides is 1. The van der Waals surface area contributed by atoms with Gasteiger partial charge in [-0.15, -0.1) is 0 Å². The summed E-state index contributed by atoms with van der Waals surface area (Å²) in [5.74, 6) is 0.562. The summed E-state index contributed by atoms with van der Waals surface area (Å²) in [4.78, 5) is 11.4. The Bertz CT molecular complexity index is 1290. The Morgan fingerprint density at radius 2 is 1.56 bits per heavy atom. The highest BCUT2D eigenvalue weighted by Crippen LogP contribution is 2.40. The zero-order valence-corrected chi connectivity index (χ0v) is 20.0. The van der Waals surface area contributed by atoms with E-state index in [4.69, 9.17) is 14.2 Å². The van der Waals surface area contributed by atoms with Crippen molar-refractivity contribution >= 4 is 27.8 Å². The predicted octanol–water partition coefficient (Wildman–Crippen LogP) is 4.51. The summed E-state index contributed by atoms with van der Waals surface area (Å²) in [6, 6.07) is 18.8. The Hall–Kier alpha value is -3.98. The number of benzene rings is 3. The number of carbonyl (C=O) groups excluding carboxylic acids is 1. The highest BCUT2D eigenvalue weighted by molar-refractivity contribution is 7.93. The van der Waals surface area contributed by atoms with E-state index in [-0.39, 0.29) is 16.4 Å². The standard InChI is InChI=1S/C25H25NO7S/c1-26(20-12-8-9-13-21(20)33-19-10-6-5-7-11-19)34(28,29)23-17-18(14-15-24(27)31-3)16-22(30-2)25(23)32-4/h5-17H,1-4H3/b15-14+. The summed E-state index contributed by atoms with van der Waals surface area (Å²) < 4.78 is 49.9. The van der Waals surface area contributed by atoms with Gasteiger partial charge in [0.05, 0.1) is 27.0 Å². The van der Waals surface area contributed by atoms with Crippen LogP contribution in [-0.4, -0.2) is 42.8 Å². The molecule has 0 aromatic heterocycles. The van der Waals surface area contributed by atoms with Gasteiger partial charge in [0, 0.05) is 13.1 Å². The second kappa shape index (κ2) is 10.8. The maximum absolute atomic E-state index is 13.8. The normalized spacial score (nSPS) is 11.2. The molecule has 0 unspecified atom stereocenters. The molecule has 178 valence electrons. The van der Waals surface area contributed by atoms with Crippen LogP contribution in [0.2, 0.25) is 0 Å². The van der Waals surface area contributed by atoms with Crippen molar-refractivity contribution in [1.29, 1.82) is 0 Å². The molecule has 0 saturated carbocycles. The molecule has 3 aromatic rings. The summed E-state index contributed by atoms with van der Waals surface area (Å²) in [7, 11) is 1.27. The number of nitrogens with zero attached hydrogens (tertiary/aromatic N) is 1. The molecule has 0 N–H and O–H groups in total. The summed E-state index contributed by atoms with van der Waals surface area (Å²) in [5.41, 5.74) is 0.728. The van der Waals surface area contributed by atoms with Crippen LogP contribution in [0.4, 0.5) is 5.69 Å². The summed E-state index contributed by atoms with van der Waals surface area (Å²) >= 11 is 0. The maximum atomic E-state index is 13.8. The van der Waals surface area contributed by atoms with Crippen LogP contribution in [0.15, 0.2) is 77.7 Å². The number of rotatable bonds is 9. The van der Waals surface area contributed by atoms with Gasteiger partial charge in [-0.05, 0) is 48.0 Å². The first-order valence-corrected chi connectivity index (χ1v) is 11.6. The van der Waals surface area contributed by atoms with Crippen LogP contribution in [0.25, 0.3) is 6.08 Å². The molecule has 0 heterocycles. The van der Waals surface area contributed by atoms with Crippen LogP contribution in [0, 0.1) is 0 Å². The largest absolute Gasteiger partial charge is 0.493 e. The molecule has 0 atom stereocenters. The molecule has 3 aromatic carbocycles. The van der Waals surface area contributed by atoms with E-state index in [1.807, 2.05) is 18.2 Å². The van der Waals surface area contributed by atoms with Crippen molar-refractivity contribution in [3.05, 3.63) is 78.4 Å². The Morgan fingerprint density at radius 1 is 0.882 bits per heavy atom. The first kappa shape index (κ1) is 24.7. The molecule has 9 heteroatoms. The Kier molecular flexibility index (Phi) is 7.80. The first-order chi connectivity index (χ1) is 16.3. The van der Waals surface area contributed by atoms with Crippen LogP contribution in [0.5, 0.6) is 23.0 Å². The summed E-state index contributed by atoms with van der Waals surface area (Å²) in [6.07, 6.45) is 2.61. The number of anilines is 1. The molecule has 0 saturated heterocycles. The monoisotopic (exact) mass is 483 g/mol. The smallest absolute Gasteiger partial charge is 0.330 e. The fourth-order valence-corrected chi connectivity index (χ4v) is 4.57. The van der Waals surface area contributed by atoms with Crippen molar-refractivity contribution in [3.63, 3.8) is 0 Å². The first-order valence-electron chi connectivity index (χ1n) is 10.1. The predicted molar refractivity (Wildman–Crippen MR) is 129 cm³/mol. The SMILES string of the molecule is COC(=O)/C=C/c1cc(OC)c(OC)c(S(=O)(=O)N(C)c2ccccc2Oc2ccccc2)c1.